The lowest BCUT2D eigenvalue weighted by Crippen LogP contribution is -2.37. The summed E-state index contributed by atoms with van der Waals surface area (Å²) in [6, 6.07) is 3.37. The summed E-state index contributed by atoms with van der Waals surface area (Å²) in [4.78, 5) is 23.5. The number of hydrogen-bond acceptors (Lipinski definition) is 4. The molecule has 0 unspecified atom stereocenters. The summed E-state index contributed by atoms with van der Waals surface area (Å²) in [6.45, 7) is 1.46. The number of hydrogen-bond donors (Lipinski definition) is 1. The molecule has 1 aromatic heterocycles. The molecule has 2 fully saturated rings. The molecule has 1 aliphatic carbocycles. The van der Waals surface area contributed by atoms with Gasteiger partial charge < -0.3 is 10.1 Å². The van der Waals surface area contributed by atoms with Crippen molar-refractivity contribution in [2.45, 2.75) is 44.2 Å². The monoisotopic (exact) mass is 277 g/mol. The van der Waals surface area contributed by atoms with Crippen molar-refractivity contribution >= 4 is 5.91 Å². The first-order valence-electron chi connectivity index (χ1n) is 7.21. The summed E-state index contributed by atoms with van der Waals surface area (Å²) in [5.41, 5.74) is 0.857. The fourth-order valence-corrected chi connectivity index (χ4v) is 2.41. The third kappa shape index (κ3) is 3.07. The van der Waals surface area contributed by atoms with Crippen LogP contribution in [0.5, 0.6) is 0 Å². The van der Waals surface area contributed by atoms with Gasteiger partial charge in [0.15, 0.2) is 0 Å². The van der Waals surface area contributed by atoms with E-state index >= 15 is 0 Å². The summed E-state index contributed by atoms with van der Waals surface area (Å²) in [6.07, 6.45) is 3.70. The lowest BCUT2D eigenvalue weighted by atomic mass is 10.2. The highest BCUT2D eigenvalue weighted by Crippen LogP contribution is 2.38. The van der Waals surface area contributed by atoms with Crippen LogP contribution in [0.15, 0.2) is 16.9 Å². The van der Waals surface area contributed by atoms with Crippen molar-refractivity contribution in [2.75, 3.05) is 13.2 Å². The Kier molecular flexibility index (Phi) is 3.82. The molecule has 1 atom stereocenters. The fraction of sp³-hybridized carbons (Fsp3) is 0.643. The van der Waals surface area contributed by atoms with Gasteiger partial charge in [-0.25, -0.2) is 4.68 Å². The molecule has 0 aromatic carbocycles. The minimum atomic E-state index is -0.322. The topological polar surface area (TPSA) is 73.2 Å². The maximum absolute atomic E-state index is 11.8. The van der Waals surface area contributed by atoms with Crippen LogP contribution in [-0.4, -0.2) is 34.9 Å². The van der Waals surface area contributed by atoms with E-state index in [1.165, 1.54) is 4.68 Å². The highest BCUT2D eigenvalue weighted by molar-refractivity contribution is 5.80. The molecule has 1 aromatic rings. The average molecular weight is 277 g/mol. The molecule has 1 saturated heterocycles. The first kappa shape index (κ1) is 13.3. The average Bonchev–Trinajstić information content (AvgIpc) is 3.15. The number of ether oxygens (including phenoxy) is 1. The van der Waals surface area contributed by atoms with Crippen LogP contribution in [-0.2, 0) is 16.1 Å². The number of aromatic nitrogens is 2. The Morgan fingerprint density at radius 1 is 1.40 bits per heavy atom. The molecule has 1 N–H and O–H groups in total. The van der Waals surface area contributed by atoms with E-state index in [0.29, 0.717) is 25.6 Å². The summed E-state index contributed by atoms with van der Waals surface area (Å²) in [5, 5.41) is 7.15. The predicted octanol–water partition coefficient (Wildman–Crippen LogP) is 0.416. The maximum atomic E-state index is 11.8. The van der Waals surface area contributed by atoms with Gasteiger partial charge in [0.25, 0.3) is 5.56 Å². The second-order valence-corrected chi connectivity index (χ2v) is 5.39. The van der Waals surface area contributed by atoms with Gasteiger partial charge in [-0.2, -0.15) is 5.10 Å². The molecule has 1 amide bonds. The van der Waals surface area contributed by atoms with Gasteiger partial charge in [-0.1, -0.05) is 0 Å². The van der Waals surface area contributed by atoms with Crippen molar-refractivity contribution in [3.05, 3.63) is 28.2 Å². The molecule has 3 rings (SSSR count). The van der Waals surface area contributed by atoms with Gasteiger partial charge in [0, 0.05) is 25.1 Å². The molecule has 6 nitrogen and oxygen atoms in total. The Morgan fingerprint density at radius 2 is 2.25 bits per heavy atom. The largest absolute Gasteiger partial charge is 0.368 e. The van der Waals surface area contributed by atoms with E-state index in [1.54, 1.807) is 12.1 Å². The highest BCUT2D eigenvalue weighted by Gasteiger charge is 2.26. The fourth-order valence-electron chi connectivity index (χ4n) is 2.41. The number of nitrogens with one attached hydrogen (secondary N) is 1. The molecular formula is C14H19N3O3. The zero-order valence-corrected chi connectivity index (χ0v) is 11.4. The molecule has 0 spiro atoms. The van der Waals surface area contributed by atoms with Crippen molar-refractivity contribution in [3.8, 4) is 0 Å². The van der Waals surface area contributed by atoms with Gasteiger partial charge in [0.2, 0.25) is 5.91 Å². The van der Waals surface area contributed by atoms with Gasteiger partial charge in [0.1, 0.15) is 6.10 Å². The summed E-state index contributed by atoms with van der Waals surface area (Å²) >= 11 is 0. The van der Waals surface area contributed by atoms with Crippen molar-refractivity contribution in [1.82, 2.24) is 15.1 Å². The van der Waals surface area contributed by atoms with Crippen LogP contribution in [0.25, 0.3) is 0 Å². The van der Waals surface area contributed by atoms with Gasteiger partial charge in [-0.05, 0) is 31.7 Å². The zero-order valence-electron chi connectivity index (χ0n) is 11.4. The second kappa shape index (κ2) is 5.75. The normalized spacial score (nSPS) is 21.9. The standard InChI is InChI=1S/C14H19N3O3/c18-13-6-5-11(10-3-4-10)16-17(13)8-7-15-14(19)12-2-1-9-20-12/h5-6,10,12H,1-4,7-9H2,(H,15,19)/t12-/m1/s1. The molecule has 2 heterocycles. The zero-order chi connectivity index (χ0) is 13.9. The lowest BCUT2D eigenvalue weighted by Gasteiger charge is -2.11. The number of nitrogens with zero attached hydrogens (tertiary/aromatic N) is 2. The van der Waals surface area contributed by atoms with Crippen molar-refractivity contribution in [3.63, 3.8) is 0 Å². The van der Waals surface area contributed by atoms with Crippen molar-refractivity contribution in [1.29, 1.82) is 0 Å². The molecule has 2 aliphatic rings. The Morgan fingerprint density at radius 3 is 2.95 bits per heavy atom. The smallest absolute Gasteiger partial charge is 0.266 e. The van der Waals surface area contributed by atoms with E-state index in [-0.39, 0.29) is 17.6 Å². The summed E-state index contributed by atoms with van der Waals surface area (Å²) in [5.74, 6) is 0.428. The number of amides is 1. The van der Waals surface area contributed by atoms with Crippen LogP contribution in [0.1, 0.15) is 37.3 Å². The second-order valence-electron chi connectivity index (χ2n) is 5.39. The molecule has 0 radical (unpaired) electrons. The number of rotatable bonds is 5. The third-order valence-corrected chi connectivity index (χ3v) is 3.73. The number of carbonyl (C=O) groups is 1. The van der Waals surface area contributed by atoms with Crippen LogP contribution < -0.4 is 10.9 Å². The van der Waals surface area contributed by atoms with Gasteiger partial charge in [-0.3, -0.25) is 9.59 Å². The lowest BCUT2D eigenvalue weighted by molar-refractivity contribution is -0.130. The van der Waals surface area contributed by atoms with Crippen molar-refractivity contribution < 1.29 is 9.53 Å². The molecule has 20 heavy (non-hydrogen) atoms. The van der Waals surface area contributed by atoms with Gasteiger partial charge in [0.05, 0.1) is 12.2 Å². The minimum Gasteiger partial charge on any atom is -0.368 e. The minimum absolute atomic E-state index is 0.0890. The summed E-state index contributed by atoms with van der Waals surface area (Å²) in [7, 11) is 0. The van der Waals surface area contributed by atoms with Crippen LogP contribution in [0.2, 0.25) is 0 Å². The molecular weight excluding hydrogens is 258 g/mol. The van der Waals surface area contributed by atoms with Crippen LogP contribution >= 0.6 is 0 Å². The van der Waals surface area contributed by atoms with E-state index in [4.69, 9.17) is 4.74 Å². The Bertz CT molecular complexity index is 545. The Balaban J connectivity index is 1.53. The highest BCUT2D eigenvalue weighted by atomic mass is 16.5. The van der Waals surface area contributed by atoms with E-state index < -0.39 is 0 Å². The maximum Gasteiger partial charge on any atom is 0.266 e. The molecule has 0 bridgehead atoms. The first-order valence-corrected chi connectivity index (χ1v) is 7.21. The molecule has 108 valence electrons. The van der Waals surface area contributed by atoms with E-state index in [0.717, 1.165) is 31.4 Å². The van der Waals surface area contributed by atoms with Gasteiger partial charge >= 0.3 is 0 Å². The van der Waals surface area contributed by atoms with Crippen LogP contribution in [0, 0.1) is 0 Å². The van der Waals surface area contributed by atoms with Gasteiger partial charge in [-0.15, -0.1) is 0 Å². The number of carbonyl (C=O) groups excluding carboxylic acids is 1. The molecule has 1 aliphatic heterocycles. The molecule has 6 heteroatoms. The van der Waals surface area contributed by atoms with E-state index in [9.17, 15) is 9.59 Å². The Labute approximate surface area is 117 Å². The van der Waals surface area contributed by atoms with Crippen LogP contribution in [0.3, 0.4) is 0 Å². The van der Waals surface area contributed by atoms with E-state index in [2.05, 4.69) is 10.4 Å². The summed E-state index contributed by atoms with van der Waals surface area (Å²) < 4.78 is 6.74. The van der Waals surface area contributed by atoms with Crippen molar-refractivity contribution in [2.24, 2.45) is 0 Å². The predicted molar refractivity (Wildman–Crippen MR) is 72.5 cm³/mol. The Hall–Kier alpha value is -1.69. The SMILES string of the molecule is O=C(NCCn1nc(C2CC2)ccc1=O)[C@H]1CCCO1. The first-order chi connectivity index (χ1) is 9.74. The molecule has 1 saturated carbocycles. The van der Waals surface area contributed by atoms with E-state index in [1.807, 2.05) is 0 Å². The van der Waals surface area contributed by atoms with Crippen LogP contribution in [0.4, 0.5) is 0 Å². The third-order valence-electron chi connectivity index (χ3n) is 3.73. The quantitative estimate of drug-likeness (QED) is 0.846.